The first kappa shape index (κ1) is 15.7. The first-order valence-electron chi connectivity index (χ1n) is 6.51. The van der Waals surface area contributed by atoms with Crippen molar-refractivity contribution in [2.45, 2.75) is 20.8 Å². The van der Waals surface area contributed by atoms with Crippen LogP contribution in [-0.4, -0.2) is 5.78 Å². The molecule has 20 heavy (non-hydrogen) atoms. The Morgan fingerprint density at radius 3 is 2.35 bits per heavy atom. The normalized spacial score (nSPS) is 12.8. The number of allylic oxidation sites excluding steroid dienone is 6. The van der Waals surface area contributed by atoms with Crippen LogP contribution >= 0.6 is 0 Å². The summed E-state index contributed by atoms with van der Waals surface area (Å²) in [4.78, 5) is 12.4. The van der Waals surface area contributed by atoms with Crippen LogP contribution in [0.1, 0.15) is 28.4 Å². The van der Waals surface area contributed by atoms with Crippen molar-refractivity contribution in [1.29, 1.82) is 0 Å². The maximum Gasteiger partial charge on any atom is 0.186 e. The summed E-state index contributed by atoms with van der Waals surface area (Å²) < 4.78 is 0. The molecular formula is C18H21NO. The highest BCUT2D eigenvalue weighted by molar-refractivity contribution is 6.07. The second kappa shape index (κ2) is 7.29. The number of aryl methyl sites for hydroxylation is 2. The Balaban J connectivity index is 3.19. The van der Waals surface area contributed by atoms with Crippen molar-refractivity contribution < 1.29 is 4.79 Å². The molecule has 0 aromatic heterocycles. The molecule has 0 atom stereocenters. The van der Waals surface area contributed by atoms with Gasteiger partial charge in [-0.2, -0.15) is 0 Å². The number of carbonyl (C=O) groups is 1. The smallest absolute Gasteiger partial charge is 0.186 e. The Bertz CT molecular complexity index is 584. The van der Waals surface area contributed by atoms with Crippen LogP contribution in [0.5, 0.6) is 0 Å². The molecule has 0 aliphatic carbocycles. The van der Waals surface area contributed by atoms with Crippen LogP contribution in [0.3, 0.4) is 0 Å². The average Bonchev–Trinajstić information content (AvgIpc) is 2.38. The quantitative estimate of drug-likeness (QED) is 0.497. The molecule has 0 aliphatic heterocycles. The van der Waals surface area contributed by atoms with Gasteiger partial charge in [0.2, 0.25) is 0 Å². The summed E-state index contributed by atoms with van der Waals surface area (Å²) in [7, 11) is 0. The van der Waals surface area contributed by atoms with Gasteiger partial charge in [0.05, 0.1) is 0 Å². The third-order valence-corrected chi connectivity index (χ3v) is 3.10. The second-order valence-corrected chi connectivity index (χ2v) is 4.68. The lowest BCUT2D eigenvalue weighted by Gasteiger charge is -2.07. The van der Waals surface area contributed by atoms with E-state index in [1.807, 2.05) is 45.0 Å². The van der Waals surface area contributed by atoms with E-state index < -0.39 is 0 Å². The van der Waals surface area contributed by atoms with E-state index in [4.69, 9.17) is 5.73 Å². The zero-order chi connectivity index (χ0) is 15.1. The fourth-order valence-electron chi connectivity index (χ4n) is 2.10. The predicted molar refractivity (Wildman–Crippen MR) is 85.6 cm³/mol. The van der Waals surface area contributed by atoms with Gasteiger partial charge in [-0.25, -0.2) is 0 Å². The van der Waals surface area contributed by atoms with Gasteiger partial charge < -0.3 is 5.73 Å². The third kappa shape index (κ3) is 3.82. The lowest BCUT2D eigenvalue weighted by atomic mass is 9.96. The molecule has 0 radical (unpaired) electrons. The highest BCUT2D eigenvalue weighted by Gasteiger charge is 2.10. The van der Waals surface area contributed by atoms with E-state index in [2.05, 4.69) is 6.58 Å². The summed E-state index contributed by atoms with van der Waals surface area (Å²) in [5, 5.41) is 0. The SMILES string of the molecule is C=C/C=C(\C=C/N)C(/C)=C/C(=O)c1c(C)cccc1C. The summed E-state index contributed by atoms with van der Waals surface area (Å²) in [5.74, 6) is 0.0125. The molecule has 0 aliphatic rings. The van der Waals surface area contributed by atoms with Crippen LogP contribution in [0, 0.1) is 13.8 Å². The number of benzene rings is 1. The van der Waals surface area contributed by atoms with Gasteiger partial charge in [-0.1, -0.05) is 36.9 Å². The minimum atomic E-state index is 0.0125. The van der Waals surface area contributed by atoms with Crippen LogP contribution in [0.4, 0.5) is 0 Å². The molecule has 2 heteroatoms. The standard InChI is InChI=1S/C18H21NO/c1-5-7-16(10-11-19)15(4)12-17(20)18-13(2)8-6-9-14(18)3/h5-12H,1,19H2,2-4H3/b11-10-,15-12+,16-7+. The summed E-state index contributed by atoms with van der Waals surface area (Å²) in [5.41, 5.74) is 9.90. The van der Waals surface area contributed by atoms with Gasteiger partial charge in [0, 0.05) is 5.56 Å². The Morgan fingerprint density at radius 2 is 1.85 bits per heavy atom. The highest BCUT2D eigenvalue weighted by Crippen LogP contribution is 2.17. The minimum Gasteiger partial charge on any atom is -0.405 e. The molecule has 0 heterocycles. The molecule has 0 saturated carbocycles. The van der Waals surface area contributed by atoms with Crippen LogP contribution in [0.2, 0.25) is 0 Å². The molecule has 0 saturated heterocycles. The van der Waals surface area contributed by atoms with E-state index in [0.717, 1.165) is 27.8 Å². The number of hydrogen-bond acceptors (Lipinski definition) is 2. The maximum atomic E-state index is 12.4. The first-order chi connectivity index (χ1) is 9.51. The second-order valence-electron chi connectivity index (χ2n) is 4.68. The van der Waals surface area contributed by atoms with E-state index in [1.165, 1.54) is 6.20 Å². The predicted octanol–water partition coefficient (Wildman–Crippen LogP) is 4.02. The van der Waals surface area contributed by atoms with E-state index >= 15 is 0 Å². The van der Waals surface area contributed by atoms with Crippen molar-refractivity contribution in [2.24, 2.45) is 5.73 Å². The lowest BCUT2D eigenvalue weighted by molar-refractivity contribution is 0.104. The van der Waals surface area contributed by atoms with Crippen molar-refractivity contribution >= 4 is 5.78 Å². The molecule has 2 nitrogen and oxygen atoms in total. The van der Waals surface area contributed by atoms with E-state index in [1.54, 1.807) is 18.2 Å². The summed E-state index contributed by atoms with van der Waals surface area (Å²) in [6, 6.07) is 5.85. The van der Waals surface area contributed by atoms with E-state index in [-0.39, 0.29) is 5.78 Å². The highest BCUT2D eigenvalue weighted by atomic mass is 16.1. The number of carbonyl (C=O) groups excluding carboxylic acids is 1. The van der Waals surface area contributed by atoms with Gasteiger partial charge in [0.25, 0.3) is 0 Å². The van der Waals surface area contributed by atoms with Crippen molar-refractivity contribution in [3.8, 4) is 0 Å². The topological polar surface area (TPSA) is 43.1 Å². The Hall–Kier alpha value is -2.35. The first-order valence-corrected chi connectivity index (χ1v) is 6.51. The average molecular weight is 267 g/mol. The van der Waals surface area contributed by atoms with E-state index in [9.17, 15) is 4.79 Å². The zero-order valence-corrected chi connectivity index (χ0v) is 12.3. The van der Waals surface area contributed by atoms with E-state index in [0.29, 0.717) is 0 Å². The molecular weight excluding hydrogens is 246 g/mol. The molecule has 0 fully saturated rings. The molecule has 0 bridgehead atoms. The Morgan fingerprint density at radius 1 is 1.25 bits per heavy atom. The monoisotopic (exact) mass is 267 g/mol. The number of hydrogen-bond donors (Lipinski definition) is 1. The van der Waals surface area contributed by atoms with Crippen molar-refractivity contribution in [1.82, 2.24) is 0 Å². The molecule has 0 amide bonds. The van der Waals surface area contributed by atoms with Gasteiger partial charge >= 0.3 is 0 Å². The molecule has 2 N–H and O–H groups in total. The fourth-order valence-corrected chi connectivity index (χ4v) is 2.10. The third-order valence-electron chi connectivity index (χ3n) is 3.10. The molecule has 1 rings (SSSR count). The van der Waals surface area contributed by atoms with Crippen molar-refractivity contribution in [3.63, 3.8) is 0 Å². The van der Waals surface area contributed by atoms with Gasteiger partial charge in [-0.15, -0.1) is 0 Å². The van der Waals surface area contributed by atoms with Crippen molar-refractivity contribution in [2.75, 3.05) is 0 Å². The largest absolute Gasteiger partial charge is 0.405 e. The van der Waals surface area contributed by atoms with Crippen LogP contribution in [-0.2, 0) is 0 Å². The fraction of sp³-hybridized carbons (Fsp3) is 0.167. The molecule has 104 valence electrons. The van der Waals surface area contributed by atoms with Gasteiger partial charge in [-0.3, -0.25) is 4.79 Å². The Labute approximate surface area is 121 Å². The number of nitrogens with two attached hydrogens (primary N) is 1. The number of ketones is 1. The molecule has 1 aromatic carbocycles. The summed E-state index contributed by atoms with van der Waals surface area (Å²) in [6.07, 6.45) is 8.36. The van der Waals surface area contributed by atoms with Crippen molar-refractivity contribution in [3.05, 3.63) is 83.1 Å². The molecule has 0 spiro atoms. The van der Waals surface area contributed by atoms with Crippen LogP contribution in [0.15, 0.2) is 66.4 Å². The number of rotatable bonds is 5. The summed E-state index contributed by atoms with van der Waals surface area (Å²) >= 11 is 0. The van der Waals surface area contributed by atoms with Crippen LogP contribution in [0.25, 0.3) is 0 Å². The zero-order valence-electron chi connectivity index (χ0n) is 12.3. The molecule has 0 unspecified atom stereocenters. The maximum absolute atomic E-state index is 12.4. The lowest BCUT2D eigenvalue weighted by Crippen LogP contribution is -2.02. The summed E-state index contributed by atoms with van der Waals surface area (Å²) in [6.45, 7) is 9.45. The van der Waals surface area contributed by atoms with Gasteiger partial charge in [-0.05, 0) is 61.4 Å². The Kier molecular flexibility index (Phi) is 5.73. The molecule has 1 aromatic rings. The minimum absolute atomic E-state index is 0.0125. The van der Waals surface area contributed by atoms with Gasteiger partial charge in [0.1, 0.15) is 0 Å². The van der Waals surface area contributed by atoms with Gasteiger partial charge in [0.15, 0.2) is 5.78 Å². The van der Waals surface area contributed by atoms with Crippen LogP contribution < -0.4 is 5.73 Å².